The van der Waals surface area contributed by atoms with Crippen molar-refractivity contribution in [2.75, 3.05) is 0 Å². The maximum Gasteiger partial charge on any atom is 0.195 e. The van der Waals surface area contributed by atoms with Crippen molar-refractivity contribution < 1.29 is 0 Å². The van der Waals surface area contributed by atoms with Crippen molar-refractivity contribution in [3.05, 3.63) is 56.7 Å². The van der Waals surface area contributed by atoms with Crippen LogP contribution in [0.4, 0.5) is 0 Å². The van der Waals surface area contributed by atoms with Gasteiger partial charge in [0.25, 0.3) is 0 Å². The first-order chi connectivity index (χ1) is 8.16. The zero-order valence-electron chi connectivity index (χ0n) is 8.54. The van der Waals surface area contributed by atoms with Gasteiger partial charge < -0.3 is 0 Å². The fourth-order valence-corrected chi connectivity index (χ4v) is 3.33. The lowest BCUT2D eigenvalue weighted by Crippen LogP contribution is -2.00. The molecule has 17 heavy (non-hydrogen) atoms. The second-order valence-electron chi connectivity index (χ2n) is 3.69. The molecule has 0 saturated heterocycles. The Morgan fingerprint density at radius 2 is 1.82 bits per heavy atom. The molecule has 84 valence electrons. The molecule has 4 heteroatoms. The molecule has 0 aliphatic carbocycles. The third-order valence-electron chi connectivity index (χ3n) is 2.61. The first-order valence-electron chi connectivity index (χ1n) is 4.97. The number of hydrogen-bond donors (Lipinski definition) is 0. The van der Waals surface area contributed by atoms with E-state index in [1.807, 2.05) is 6.07 Å². The molecule has 2 aromatic carbocycles. The van der Waals surface area contributed by atoms with Gasteiger partial charge >= 0.3 is 0 Å². The van der Waals surface area contributed by atoms with E-state index in [1.54, 1.807) is 30.3 Å². The summed E-state index contributed by atoms with van der Waals surface area (Å²) in [6.45, 7) is 0. The summed E-state index contributed by atoms with van der Waals surface area (Å²) in [6.07, 6.45) is 0. The summed E-state index contributed by atoms with van der Waals surface area (Å²) >= 11 is 13.5. The van der Waals surface area contributed by atoms with Crippen LogP contribution in [0.3, 0.4) is 0 Å². The number of hydrogen-bond acceptors (Lipinski definition) is 2. The van der Waals surface area contributed by atoms with Crippen LogP contribution in [0, 0.1) is 0 Å². The van der Waals surface area contributed by atoms with Crippen LogP contribution in [-0.4, -0.2) is 0 Å². The van der Waals surface area contributed by atoms with Crippen LogP contribution in [0.5, 0.6) is 0 Å². The average Bonchev–Trinajstić information content (AvgIpc) is 2.32. The third kappa shape index (κ3) is 1.73. The van der Waals surface area contributed by atoms with Crippen LogP contribution in [0.15, 0.2) is 41.2 Å². The zero-order valence-corrected chi connectivity index (χ0v) is 10.9. The van der Waals surface area contributed by atoms with E-state index in [-0.39, 0.29) is 5.43 Å². The number of rotatable bonds is 0. The molecule has 0 fully saturated rings. The molecule has 0 N–H and O–H groups in total. The Kier molecular flexibility index (Phi) is 2.58. The SMILES string of the molecule is O=c1c2cc(Cl)ccc2sc2c(Cl)cccc12. The van der Waals surface area contributed by atoms with Gasteiger partial charge in [-0.25, -0.2) is 0 Å². The van der Waals surface area contributed by atoms with Crippen molar-refractivity contribution in [1.29, 1.82) is 0 Å². The first kappa shape index (κ1) is 11.0. The predicted molar refractivity (Wildman–Crippen MR) is 75.6 cm³/mol. The largest absolute Gasteiger partial charge is 0.289 e. The first-order valence-corrected chi connectivity index (χ1v) is 6.54. The summed E-state index contributed by atoms with van der Waals surface area (Å²) in [6, 6.07) is 10.7. The summed E-state index contributed by atoms with van der Waals surface area (Å²) < 4.78 is 1.73. The van der Waals surface area contributed by atoms with Gasteiger partial charge in [-0.1, -0.05) is 29.3 Å². The molecule has 0 saturated carbocycles. The normalized spacial score (nSPS) is 11.2. The highest BCUT2D eigenvalue weighted by molar-refractivity contribution is 7.25. The Balaban J connectivity index is 2.62. The Morgan fingerprint density at radius 3 is 2.65 bits per heavy atom. The van der Waals surface area contributed by atoms with E-state index in [2.05, 4.69) is 0 Å². The maximum atomic E-state index is 12.3. The quantitative estimate of drug-likeness (QED) is 0.545. The van der Waals surface area contributed by atoms with Crippen molar-refractivity contribution in [2.45, 2.75) is 0 Å². The van der Waals surface area contributed by atoms with Gasteiger partial charge in [-0.15, -0.1) is 11.3 Å². The summed E-state index contributed by atoms with van der Waals surface area (Å²) in [4.78, 5) is 12.3. The van der Waals surface area contributed by atoms with Crippen molar-refractivity contribution >= 4 is 54.7 Å². The van der Waals surface area contributed by atoms with Gasteiger partial charge in [0.2, 0.25) is 0 Å². The van der Waals surface area contributed by atoms with Gasteiger partial charge in [-0.3, -0.25) is 4.79 Å². The van der Waals surface area contributed by atoms with Gasteiger partial charge in [0.05, 0.1) is 9.72 Å². The maximum absolute atomic E-state index is 12.3. The van der Waals surface area contributed by atoms with E-state index in [1.165, 1.54) is 11.3 Å². The van der Waals surface area contributed by atoms with E-state index in [0.717, 1.165) is 9.40 Å². The van der Waals surface area contributed by atoms with E-state index in [0.29, 0.717) is 20.8 Å². The number of benzene rings is 2. The molecule has 0 aliphatic rings. The smallest absolute Gasteiger partial charge is 0.195 e. The van der Waals surface area contributed by atoms with Crippen LogP contribution in [0.25, 0.3) is 20.2 Å². The molecular weight excluding hydrogens is 275 g/mol. The zero-order chi connectivity index (χ0) is 12.0. The Hall–Kier alpha value is -1.09. The summed E-state index contributed by atoms with van der Waals surface area (Å²) in [7, 11) is 0. The van der Waals surface area contributed by atoms with Crippen LogP contribution in [-0.2, 0) is 0 Å². The fourth-order valence-electron chi connectivity index (χ4n) is 1.82. The van der Waals surface area contributed by atoms with E-state index in [4.69, 9.17) is 23.2 Å². The van der Waals surface area contributed by atoms with Crippen LogP contribution < -0.4 is 5.43 Å². The lowest BCUT2D eigenvalue weighted by molar-refractivity contribution is 1.74. The minimum Gasteiger partial charge on any atom is -0.289 e. The highest BCUT2D eigenvalue weighted by atomic mass is 35.5. The monoisotopic (exact) mass is 280 g/mol. The van der Waals surface area contributed by atoms with E-state index < -0.39 is 0 Å². The molecule has 0 unspecified atom stereocenters. The fraction of sp³-hybridized carbons (Fsp3) is 0. The van der Waals surface area contributed by atoms with E-state index >= 15 is 0 Å². The molecule has 3 aromatic rings. The van der Waals surface area contributed by atoms with Crippen LogP contribution in [0.2, 0.25) is 10.0 Å². The van der Waals surface area contributed by atoms with Crippen molar-refractivity contribution in [1.82, 2.24) is 0 Å². The van der Waals surface area contributed by atoms with Gasteiger partial charge in [0.1, 0.15) is 0 Å². The lowest BCUT2D eigenvalue weighted by atomic mass is 10.2. The molecule has 3 rings (SSSR count). The van der Waals surface area contributed by atoms with Crippen molar-refractivity contribution in [2.24, 2.45) is 0 Å². The van der Waals surface area contributed by atoms with Crippen molar-refractivity contribution in [3.63, 3.8) is 0 Å². The average molecular weight is 281 g/mol. The van der Waals surface area contributed by atoms with E-state index in [9.17, 15) is 4.79 Å². The Labute approximate surface area is 111 Å². The molecule has 0 amide bonds. The molecule has 1 heterocycles. The minimum atomic E-state index is -0.0150. The van der Waals surface area contributed by atoms with Crippen LogP contribution >= 0.6 is 34.5 Å². The molecule has 1 nitrogen and oxygen atoms in total. The second-order valence-corrected chi connectivity index (χ2v) is 5.58. The minimum absolute atomic E-state index is 0.0150. The molecule has 0 radical (unpaired) electrons. The molecule has 0 spiro atoms. The Morgan fingerprint density at radius 1 is 1.00 bits per heavy atom. The standard InChI is InChI=1S/C13H6Cl2OS/c14-7-4-5-11-9(6-7)12(16)8-2-1-3-10(15)13(8)17-11/h1-6H. The summed E-state index contributed by atoms with van der Waals surface area (Å²) in [5, 5.41) is 2.49. The van der Waals surface area contributed by atoms with Gasteiger partial charge in [0.15, 0.2) is 5.43 Å². The number of fused-ring (bicyclic) bond motifs is 2. The number of halogens is 2. The molecule has 1 aromatic heterocycles. The van der Waals surface area contributed by atoms with Gasteiger partial charge in [-0.2, -0.15) is 0 Å². The second kappa shape index (κ2) is 3.98. The van der Waals surface area contributed by atoms with Gasteiger partial charge in [0, 0.05) is 20.5 Å². The third-order valence-corrected chi connectivity index (χ3v) is 4.49. The Bertz CT molecular complexity index is 786. The lowest BCUT2D eigenvalue weighted by Gasteiger charge is -2.02. The molecule has 0 aliphatic heterocycles. The molecular formula is C13H6Cl2OS. The highest BCUT2D eigenvalue weighted by Gasteiger charge is 2.08. The van der Waals surface area contributed by atoms with Crippen LogP contribution in [0.1, 0.15) is 0 Å². The molecule has 0 atom stereocenters. The molecule has 0 bridgehead atoms. The summed E-state index contributed by atoms with van der Waals surface area (Å²) in [5.41, 5.74) is -0.0150. The highest BCUT2D eigenvalue weighted by Crippen LogP contribution is 2.30. The topological polar surface area (TPSA) is 17.1 Å². The predicted octanol–water partition coefficient (Wildman–Crippen LogP) is 4.72. The summed E-state index contributed by atoms with van der Waals surface area (Å²) in [5.74, 6) is 0. The van der Waals surface area contributed by atoms with Crippen molar-refractivity contribution in [3.8, 4) is 0 Å². The van der Waals surface area contributed by atoms with Gasteiger partial charge in [-0.05, 0) is 30.3 Å².